The van der Waals surface area contributed by atoms with Crippen molar-refractivity contribution in [3.8, 4) is 0 Å². The molecule has 84 valence electrons. The van der Waals surface area contributed by atoms with Crippen LogP contribution in [0.3, 0.4) is 0 Å². The van der Waals surface area contributed by atoms with Crippen molar-refractivity contribution >= 4 is 21.4 Å². The summed E-state index contributed by atoms with van der Waals surface area (Å²) in [6.07, 6.45) is 2.00. The first-order valence-electron chi connectivity index (χ1n) is 4.83. The van der Waals surface area contributed by atoms with Gasteiger partial charge >= 0.3 is 0 Å². The highest BCUT2D eigenvalue weighted by molar-refractivity contribution is 7.91. The van der Waals surface area contributed by atoms with Crippen LogP contribution in [-0.2, 0) is 14.8 Å². The van der Waals surface area contributed by atoms with E-state index in [0.717, 1.165) is 19.4 Å². The van der Waals surface area contributed by atoms with Crippen molar-refractivity contribution in [2.45, 2.75) is 23.2 Å². The van der Waals surface area contributed by atoms with Crippen LogP contribution in [0, 0.1) is 0 Å². The Hall–Kier alpha value is -0.430. The first-order chi connectivity index (χ1) is 7.18. The van der Waals surface area contributed by atoms with E-state index in [1.54, 1.807) is 17.5 Å². The highest BCUT2D eigenvalue weighted by Gasteiger charge is 2.20. The van der Waals surface area contributed by atoms with Gasteiger partial charge in [-0.1, -0.05) is 6.07 Å². The zero-order valence-corrected chi connectivity index (χ0v) is 9.81. The third kappa shape index (κ3) is 2.78. The third-order valence-corrected chi connectivity index (χ3v) is 5.11. The van der Waals surface area contributed by atoms with Crippen molar-refractivity contribution in [1.29, 1.82) is 0 Å². The fourth-order valence-corrected chi connectivity index (χ4v) is 3.60. The van der Waals surface area contributed by atoms with Gasteiger partial charge in [0.25, 0.3) is 0 Å². The van der Waals surface area contributed by atoms with E-state index in [9.17, 15) is 8.42 Å². The molecule has 0 saturated carbocycles. The van der Waals surface area contributed by atoms with Crippen molar-refractivity contribution in [3.63, 3.8) is 0 Å². The highest BCUT2D eigenvalue weighted by Crippen LogP contribution is 2.16. The number of hydrogen-bond acceptors (Lipinski definition) is 4. The van der Waals surface area contributed by atoms with Crippen molar-refractivity contribution in [3.05, 3.63) is 17.5 Å². The van der Waals surface area contributed by atoms with Crippen LogP contribution in [0.5, 0.6) is 0 Å². The quantitative estimate of drug-likeness (QED) is 0.870. The highest BCUT2D eigenvalue weighted by atomic mass is 32.2. The maximum absolute atomic E-state index is 11.7. The molecule has 1 aromatic rings. The minimum atomic E-state index is -3.32. The lowest BCUT2D eigenvalue weighted by Crippen LogP contribution is -2.31. The van der Waals surface area contributed by atoms with Gasteiger partial charge in [0.15, 0.2) is 0 Å². The van der Waals surface area contributed by atoms with Crippen molar-refractivity contribution < 1.29 is 13.2 Å². The molecule has 1 atom stereocenters. The summed E-state index contributed by atoms with van der Waals surface area (Å²) in [7, 11) is -3.32. The Kier molecular flexibility index (Phi) is 3.40. The lowest BCUT2D eigenvalue weighted by atomic mass is 10.2. The summed E-state index contributed by atoms with van der Waals surface area (Å²) >= 11 is 1.22. The number of rotatable bonds is 4. The summed E-state index contributed by atoms with van der Waals surface area (Å²) in [5.41, 5.74) is 0. The van der Waals surface area contributed by atoms with E-state index in [1.807, 2.05) is 0 Å². The fraction of sp³-hybridized carbons (Fsp3) is 0.556. The third-order valence-electron chi connectivity index (χ3n) is 2.28. The second kappa shape index (κ2) is 4.61. The predicted molar refractivity (Wildman–Crippen MR) is 58.5 cm³/mol. The SMILES string of the molecule is O=S(=O)(NCC1CCCO1)c1cccs1. The van der Waals surface area contributed by atoms with Gasteiger partial charge in [0.05, 0.1) is 6.10 Å². The smallest absolute Gasteiger partial charge is 0.250 e. The molecule has 1 N–H and O–H groups in total. The first kappa shape index (κ1) is 11.1. The summed E-state index contributed by atoms with van der Waals surface area (Å²) in [4.78, 5) is 0. The zero-order valence-electron chi connectivity index (χ0n) is 8.18. The summed E-state index contributed by atoms with van der Waals surface area (Å²) in [5, 5.41) is 1.75. The van der Waals surface area contributed by atoms with Gasteiger partial charge in [0.1, 0.15) is 4.21 Å². The predicted octanol–water partition coefficient (Wildman–Crippen LogP) is 1.21. The molecule has 0 bridgehead atoms. The lowest BCUT2D eigenvalue weighted by Gasteiger charge is -2.09. The number of sulfonamides is 1. The van der Waals surface area contributed by atoms with Gasteiger partial charge < -0.3 is 4.74 Å². The van der Waals surface area contributed by atoms with Crippen LogP contribution in [0.4, 0.5) is 0 Å². The molecule has 1 aromatic heterocycles. The van der Waals surface area contributed by atoms with Gasteiger partial charge in [-0.2, -0.15) is 0 Å². The Morgan fingerprint density at radius 1 is 1.60 bits per heavy atom. The van der Waals surface area contributed by atoms with Crippen LogP contribution in [-0.4, -0.2) is 27.7 Å². The van der Waals surface area contributed by atoms with Crippen LogP contribution >= 0.6 is 11.3 Å². The second-order valence-corrected chi connectivity index (χ2v) is 6.36. The molecule has 0 aromatic carbocycles. The molecular formula is C9H13NO3S2. The van der Waals surface area contributed by atoms with E-state index >= 15 is 0 Å². The maximum Gasteiger partial charge on any atom is 0.250 e. The Morgan fingerprint density at radius 2 is 2.47 bits per heavy atom. The number of thiophene rings is 1. The Morgan fingerprint density at radius 3 is 3.07 bits per heavy atom. The van der Waals surface area contributed by atoms with Gasteiger partial charge in [-0.25, -0.2) is 13.1 Å². The Balaban J connectivity index is 1.93. The molecular weight excluding hydrogens is 234 g/mol. The molecule has 1 unspecified atom stereocenters. The van der Waals surface area contributed by atoms with E-state index in [4.69, 9.17) is 4.74 Å². The minimum Gasteiger partial charge on any atom is -0.377 e. The van der Waals surface area contributed by atoms with E-state index in [2.05, 4.69) is 4.72 Å². The molecule has 2 heterocycles. The molecule has 4 nitrogen and oxygen atoms in total. The van der Waals surface area contributed by atoms with Gasteiger partial charge in [-0.15, -0.1) is 11.3 Å². The average Bonchev–Trinajstić information content (AvgIpc) is 2.88. The molecule has 1 aliphatic rings. The van der Waals surface area contributed by atoms with Crippen molar-refractivity contribution in [1.82, 2.24) is 4.72 Å². The molecule has 0 amide bonds. The van der Waals surface area contributed by atoms with Crippen LogP contribution in [0.1, 0.15) is 12.8 Å². The topological polar surface area (TPSA) is 55.4 Å². The standard InChI is InChI=1S/C9H13NO3S2/c11-15(12,9-4-2-6-14-9)10-7-8-3-1-5-13-8/h2,4,6,8,10H,1,3,5,7H2. The fourth-order valence-electron chi connectivity index (χ4n) is 1.50. The second-order valence-electron chi connectivity index (χ2n) is 3.42. The lowest BCUT2D eigenvalue weighted by molar-refractivity contribution is 0.114. The van der Waals surface area contributed by atoms with Crippen molar-refractivity contribution in [2.75, 3.05) is 13.2 Å². The van der Waals surface area contributed by atoms with E-state index in [1.165, 1.54) is 11.3 Å². The number of nitrogens with one attached hydrogen (secondary N) is 1. The Bertz CT molecular complexity index is 393. The van der Waals surface area contributed by atoms with Gasteiger partial charge in [0.2, 0.25) is 10.0 Å². The number of ether oxygens (including phenoxy) is 1. The minimum absolute atomic E-state index is 0.0414. The first-order valence-corrected chi connectivity index (χ1v) is 7.19. The molecule has 6 heteroatoms. The molecule has 15 heavy (non-hydrogen) atoms. The molecule has 2 rings (SSSR count). The summed E-state index contributed by atoms with van der Waals surface area (Å²) in [6.45, 7) is 1.12. The Labute approximate surface area is 93.3 Å². The molecule has 0 aliphatic carbocycles. The van der Waals surface area contributed by atoms with E-state index in [-0.39, 0.29) is 6.10 Å². The summed E-state index contributed by atoms with van der Waals surface area (Å²) < 4.78 is 31.7. The summed E-state index contributed by atoms with van der Waals surface area (Å²) in [6, 6.07) is 3.33. The normalized spacial score (nSPS) is 22.0. The van der Waals surface area contributed by atoms with Gasteiger partial charge in [-0.3, -0.25) is 0 Å². The van der Waals surface area contributed by atoms with Crippen LogP contribution in [0.15, 0.2) is 21.7 Å². The van der Waals surface area contributed by atoms with E-state index < -0.39 is 10.0 Å². The number of hydrogen-bond donors (Lipinski definition) is 1. The molecule has 1 fully saturated rings. The maximum atomic E-state index is 11.7. The van der Waals surface area contributed by atoms with Crippen molar-refractivity contribution in [2.24, 2.45) is 0 Å². The van der Waals surface area contributed by atoms with Crippen LogP contribution in [0.25, 0.3) is 0 Å². The van der Waals surface area contributed by atoms with E-state index in [0.29, 0.717) is 10.8 Å². The van der Waals surface area contributed by atoms with Gasteiger partial charge in [0, 0.05) is 13.2 Å². The monoisotopic (exact) mass is 247 g/mol. The average molecular weight is 247 g/mol. The van der Waals surface area contributed by atoms with Crippen LogP contribution < -0.4 is 4.72 Å². The molecule has 0 spiro atoms. The van der Waals surface area contributed by atoms with Gasteiger partial charge in [-0.05, 0) is 24.3 Å². The largest absolute Gasteiger partial charge is 0.377 e. The molecule has 1 saturated heterocycles. The molecule has 0 radical (unpaired) electrons. The summed E-state index contributed by atoms with van der Waals surface area (Å²) in [5.74, 6) is 0. The molecule has 1 aliphatic heterocycles. The van der Waals surface area contributed by atoms with Crippen LogP contribution in [0.2, 0.25) is 0 Å². The zero-order chi connectivity index (χ0) is 10.7.